The molecule has 2 heterocycles. The van der Waals surface area contributed by atoms with Crippen molar-refractivity contribution in [3.05, 3.63) is 70.6 Å². The molecule has 0 aliphatic carbocycles. The molecular weight excluding hydrogens is 291 g/mol. The van der Waals surface area contributed by atoms with Gasteiger partial charge >= 0.3 is 6.85 Å². The van der Waals surface area contributed by atoms with E-state index >= 15 is 0 Å². The highest BCUT2D eigenvalue weighted by Crippen LogP contribution is 2.14. The second-order valence-electron chi connectivity index (χ2n) is 6.49. The van der Waals surface area contributed by atoms with Crippen LogP contribution in [0.1, 0.15) is 16.5 Å². The Labute approximate surface area is 147 Å². The van der Waals surface area contributed by atoms with Gasteiger partial charge in [-0.05, 0) is 42.9 Å². The average molecular weight is 316 g/mol. The van der Waals surface area contributed by atoms with E-state index in [1.54, 1.807) is 0 Å². The highest BCUT2D eigenvalue weighted by molar-refractivity contribution is 6.82. The molecule has 0 unspecified atom stereocenters. The minimum atomic E-state index is -2.18. The first kappa shape index (κ1) is 11.9. The number of benzene rings is 2. The molecule has 1 aliphatic heterocycles. The molecule has 0 radical (unpaired) electrons. The quantitative estimate of drug-likeness (QED) is 0.484. The van der Waals surface area contributed by atoms with Crippen molar-refractivity contribution < 1.29 is 8.68 Å². The van der Waals surface area contributed by atoms with Crippen LogP contribution < -0.4 is 20.6 Å². The molecule has 0 N–H and O–H groups in total. The number of hydrogen-bond donors (Lipinski definition) is 0. The number of hydrogen-bond acceptors (Lipinski definition) is 1. The van der Waals surface area contributed by atoms with Crippen LogP contribution in [0, 0.1) is 6.92 Å². The van der Waals surface area contributed by atoms with Crippen molar-refractivity contribution in [3.63, 3.8) is 0 Å². The first-order valence-electron chi connectivity index (χ1n) is 9.72. The minimum absolute atomic E-state index is 0.149. The van der Waals surface area contributed by atoms with E-state index in [1.807, 2.05) is 55.3 Å². The molecule has 3 heteroatoms. The van der Waals surface area contributed by atoms with Crippen LogP contribution in [0.4, 0.5) is 0 Å². The SMILES string of the molecule is [2H]C([2H])([2H])C1=c2ccccc2=CB(c2cc(C)c3ccccc3[n+]2C)N1C. The van der Waals surface area contributed by atoms with E-state index in [4.69, 9.17) is 4.11 Å². The predicted octanol–water partition coefficient (Wildman–Crippen LogP) is 1.26. The van der Waals surface area contributed by atoms with E-state index in [-0.39, 0.29) is 6.85 Å². The average Bonchev–Trinajstić information content (AvgIpc) is 2.63. The second kappa shape index (κ2) is 5.52. The number of fused-ring (bicyclic) bond motifs is 2. The third-order valence-corrected chi connectivity index (χ3v) is 5.07. The van der Waals surface area contributed by atoms with Gasteiger partial charge in [-0.1, -0.05) is 42.4 Å². The Kier molecular flexibility index (Phi) is 2.74. The maximum Gasteiger partial charge on any atom is 0.396 e. The van der Waals surface area contributed by atoms with Gasteiger partial charge in [0.2, 0.25) is 5.52 Å². The van der Waals surface area contributed by atoms with E-state index < -0.39 is 6.85 Å². The number of nitrogens with zero attached hydrogens (tertiary/aromatic N) is 2. The molecule has 2 nitrogen and oxygen atoms in total. The Morgan fingerprint density at radius 2 is 1.83 bits per heavy atom. The monoisotopic (exact) mass is 316 g/mol. The Balaban J connectivity index is 2.01. The second-order valence-corrected chi connectivity index (χ2v) is 6.49. The zero-order valence-electron chi connectivity index (χ0n) is 17.2. The van der Waals surface area contributed by atoms with Crippen LogP contribution in [-0.2, 0) is 7.05 Å². The highest BCUT2D eigenvalue weighted by atomic mass is 15.1. The standard InChI is InChI=1S/C21H22BN2/c1-15-13-21(23(3)20-12-8-7-10-18(15)20)22-14-17-9-5-6-11-19(17)16(2)24(22)4/h5-14H,1-4H3/q+1/i2D3. The molecule has 1 aromatic heterocycles. The number of rotatable bonds is 1. The summed E-state index contributed by atoms with van der Waals surface area (Å²) < 4.78 is 26.5. The van der Waals surface area contributed by atoms with Crippen LogP contribution >= 0.6 is 0 Å². The van der Waals surface area contributed by atoms with E-state index in [0.717, 1.165) is 21.5 Å². The van der Waals surface area contributed by atoms with E-state index in [9.17, 15) is 0 Å². The molecule has 4 rings (SSSR count). The van der Waals surface area contributed by atoms with Crippen LogP contribution in [0.3, 0.4) is 0 Å². The van der Waals surface area contributed by atoms with Crippen LogP contribution in [0.2, 0.25) is 0 Å². The third-order valence-electron chi connectivity index (χ3n) is 5.07. The molecular formula is C21H22BN2+. The summed E-state index contributed by atoms with van der Waals surface area (Å²) in [6.45, 7) is -0.220. The predicted molar refractivity (Wildman–Crippen MR) is 102 cm³/mol. The topological polar surface area (TPSA) is 7.12 Å². The molecule has 0 saturated carbocycles. The summed E-state index contributed by atoms with van der Waals surface area (Å²) in [5, 5.41) is 2.97. The van der Waals surface area contributed by atoms with Gasteiger partial charge in [0.15, 0.2) is 5.59 Å². The van der Waals surface area contributed by atoms with Gasteiger partial charge in [0, 0.05) is 27.3 Å². The van der Waals surface area contributed by atoms with E-state index in [1.165, 1.54) is 10.9 Å². The Bertz CT molecular complexity index is 1170. The summed E-state index contributed by atoms with van der Waals surface area (Å²) in [6, 6.07) is 18.2. The molecule has 0 spiro atoms. The van der Waals surface area contributed by atoms with Crippen molar-refractivity contribution in [1.82, 2.24) is 4.81 Å². The van der Waals surface area contributed by atoms with Gasteiger partial charge in [0.05, 0.1) is 0 Å². The number of aromatic nitrogens is 1. The molecule has 1 aliphatic rings. The fourth-order valence-corrected chi connectivity index (χ4v) is 3.67. The molecule has 3 aromatic rings. The Hall–Kier alpha value is -2.55. The van der Waals surface area contributed by atoms with Crippen molar-refractivity contribution in [3.8, 4) is 0 Å². The first-order chi connectivity index (χ1) is 12.8. The number of para-hydroxylation sites is 1. The highest BCUT2D eigenvalue weighted by Gasteiger charge is 2.32. The summed E-state index contributed by atoms with van der Waals surface area (Å²) in [7, 11) is 3.93. The minimum Gasteiger partial charge on any atom is -0.408 e. The summed E-state index contributed by atoms with van der Waals surface area (Å²) in [4.78, 5) is 1.90. The maximum atomic E-state index is 8.10. The lowest BCUT2D eigenvalue weighted by atomic mass is 9.54. The summed E-state index contributed by atoms with van der Waals surface area (Å²) >= 11 is 0. The fraction of sp³-hybridized carbons (Fsp3) is 0.190. The van der Waals surface area contributed by atoms with Crippen molar-refractivity contribution >= 4 is 35.0 Å². The van der Waals surface area contributed by atoms with Crippen molar-refractivity contribution in [2.45, 2.75) is 13.8 Å². The largest absolute Gasteiger partial charge is 0.408 e. The van der Waals surface area contributed by atoms with Crippen molar-refractivity contribution in [2.24, 2.45) is 7.05 Å². The number of pyridine rings is 1. The molecule has 0 bridgehead atoms. The van der Waals surface area contributed by atoms with Gasteiger partial charge < -0.3 is 4.81 Å². The molecule has 0 amide bonds. The lowest BCUT2D eigenvalue weighted by molar-refractivity contribution is -0.627. The number of aryl methyl sites for hydroxylation is 2. The van der Waals surface area contributed by atoms with Gasteiger partial charge in [-0.15, -0.1) is 0 Å². The molecule has 0 atom stereocenters. The van der Waals surface area contributed by atoms with Crippen LogP contribution in [0.5, 0.6) is 0 Å². The lowest BCUT2D eigenvalue weighted by Gasteiger charge is -2.27. The maximum absolute atomic E-state index is 8.10. The van der Waals surface area contributed by atoms with E-state index in [0.29, 0.717) is 5.70 Å². The van der Waals surface area contributed by atoms with Gasteiger partial charge in [0.25, 0.3) is 0 Å². The normalized spacial score (nSPS) is 16.3. The zero-order chi connectivity index (χ0) is 19.3. The third kappa shape index (κ3) is 2.15. The first-order valence-corrected chi connectivity index (χ1v) is 8.22. The Morgan fingerprint density at radius 1 is 1.08 bits per heavy atom. The van der Waals surface area contributed by atoms with E-state index in [2.05, 4.69) is 35.7 Å². The molecule has 0 saturated heterocycles. The van der Waals surface area contributed by atoms with Gasteiger partial charge in [-0.3, -0.25) is 0 Å². The van der Waals surface area contributed by atoms with Gasteiger partial charge in [0.1, 0.15) is 7.05 Å². The van der Waals surface area contributed by atoms with Gasteiger partial charge in [-0.2, -0.15) is 0 Å². The summed E-state index contributed by atoms with van der Waals surface area (Å²) in [6.07, 6.45) is 0. The van der Waals surface area contributed by atoms with Gasteiger partial charge in [-0.25, -0.2) is 4.57 Å². The molecule has 0 fully saturated rings. The summed E-state index contributed by atoms with van der Waals surface area (Å²) in [5.41, 5.74) is 3.81. The fourth-order valence-electron chi connectivity index (χ4n) is 3.67. The van der Waals surface area contributed by atoms with Crippen molar-refractivity contribution in [2.75, 3.05) is 7.05 Å². The van der Waals surface area contributed by atoms with Crippen LogP contribution in [0.15, 0.2) is 54.6 Å². The smallest absolute Gasteiger partial charge is 0.396 e. The molecule has 2 aromatic carbocycles. The van der Waals surface area contributed by atoms with Crippen LogP contribution in [-0.4, -0.2) is 18.7 Å². The lowest BCUT2D eigenvalue weighted by Crippen LogP contribution is -2.62. The summed E-state index contributed by atoms with van der Waals surface area (Å²) in [5.74, 6) is 2.16. The van der Waals surface area contributed by atoms with Crippen molar-refractivity contribution in [1.29, 1.82) is 0 Å². The molecule has 118 valence electrons. The zero-order valence-corrected chi connectivity index (χ0v) is 14.2. The van der Waals surface area contributed by atoms with Crippen LogP contribution in [0.25, 0.3) is 22.6 Å². The Morgan fingerprint density at radius 3 is 2.67 bits per heavy atom. The molecule has 24 heavy (non-hydrogen) atoms.